The number of nitrogens with zero attached hydrogens (tertiary/aromatic N) is 2. The Morgan fingerprint density at radius 1 is 1.47 bits per heavy atom. The van der Waals surface area contributed by atoms with Crippen LogP contribution in [0.3, 0.4) is 0 Å². The summed E-state index contributed by atoms with van der Waals surface area (Å²) in [6, 6.07) is 1.90. The van der Waals surface area contributed by atoms with Crippen LogP contribution in [0, 0.1) is 0 Å². The van der Waals surface area contributed by atoms with Gasteiger partial charge in [-0.15, -0.1) is 10.2 Å². The molecule has 0 radical (unpaired) electrons. The summed E-state index contributed by atoms with van der Waals surface area (Å²) in [5.41, 5.74) is 1.00. The summed E-state index contributed by atoms with van der Waals surface area (Å²) in [5, 5.41) is 13.5. The summed E-state index contributed by atoms with van der Waals surface area (Å²) in [6.45, 7) is 4.04. The highest BCUT2D eigenvalue weighted by Crippen LogP contribution is 2.23. The van der Waals surface area contributed by atoms with Gasteiger partial charge in [-0.2, -0.15) is 0 Å². The minimum atomic E-state index is 0.926. The van der Waals surface area contributed by atoms with Gasteiger partial charge in [0.25, 0.3) is 0 Å². The van der Waals surface area contributed by atoms with Crippen molar-refractivity contribution in [3.63, 3.8) is 0 Å². The molecule has 0 amide bonds. The van der Waals surface area contributed by atoms with Crippen LogP contribution in [0.5, 0.6) is 0 Å². The first kappa shape index (κ1) is 10.3. The van der Waals surface area contributed by atoms with Crippen molar-refractivity contribution in [3.05, 3.63) is 23.6 Å². The van der Waals surface area contributed by atoms with E-state index in [-0.39, 0.29) is 0 Å². The van der Waals surface area contributed by atoms with Gasteiger partial charge in [-0.05, 0) is 12.6 Å². The first-order valence-electron chi connectivity index (χ1n) is 4.96. The van der Waals surface area contributed by atoms with E-state index < -0.39 is 0 Å². The van der Waals surface area contributed by atoms with E-state index in [9.17, 15) is 0 Å². The summed E-state index contributed by atoms with van der Waals surface area (Å²) in [5.74, 6) is 0. The molecule has 0 unspecified atom stereocenters. The number of nitrogens with one attached hydrogen (secondary N) is 1. The number of aromatic nitrogens is 2. The smallest absolute Gasteiger partial charge is 0.151 e. The predicted molar refractivity (Wildman–Crippen MR) is 59.9 cm³/mol. The van der Waals surface area contributed by atoms with Gasteiger partial charge in [0.05, 0.1) is 11.8 Å². The van der Waals surface area contributed by atoms with Crippen LogP contribution in [0.1, 0.15) is 11.9 Å². The van der Waals surface area contributed by atoms with E-state index >= 15 is 0 Å². The molecule has 4 nitrogen and oxygen atoms in total. The zero-order chi connectivity index (χ0) is 10.5. The molecule has 0 atom stereocenters. The lowest BCUT2D eigenvalue weighted by atomic mass is 10.4. The van der Waals surface area contributed by atoms with Gasteiger partial charge in [-0.1, -0.05) is 18.3 Å². The van der Waals surface area contributed by atoms with Crippen LogP contribution in [-0.4, -0.2) is 23.3 Å². The summed E-state index contributed by atoms with van der Waals surface area (Å²) >= 11 is 1.62. The molecule has 2 heterocycles. The van der Waals surface area contributed by atoms with E-state index in [2.05, 4.69) is 22.4 Å². The van der Waals surface area contributed by atoms with Crippen LogP contribution >= 0.6 is 11.3 Å². The number of furan rings is 1. The predicted octanol–water partition coefficient (Wildman–Crippen LogP) is 1.95. The van der Waals surface area contributed by atoms with Crippen LogP contribution in [0.25, 0.3) is 10.6 Å². The second-order valence-electron chi connectivity index (χ2n) is 3.12. The molecule has 0 saturated heterocycles. The molecule has 1 N–H and O–H groups in total. The molecule has 2 rings (SSSR count). The largest absolute Gasteiger partial charge is 0.472 e. The Morgan fingerprint density at radius 2 is 2.40 bits per heavy atom. The van der Waals surface area contributed by atoms with Crippen LogP contribution in [-0.2, 0) is 6.42 Å². The fraction of sp³-hybridized carbons (Fsp3) is 0.400. The highest BCUT2D eigenvalue weighted by atomic mass is 32.1. The van der Waals surface area contributed by atoms with E-state index in [1.807, 2.05) is 6.07 Å². The number of likely N-dealkylation sites (N-methyl/N-ethyl adjacent to an activating group) is 1. The highest BCUT2D eigenvalue weighted by Gasteiger charge is 2.06. The fourth-order valence-corrected chi connectivity index (χ4v) is 2.05. The standard InChI is InChI=1S/C10H13N3OS/c1-2-11-5-3-9-12-13-10(15-9)8-4-6-14-7-8/h4,6-7,11H,2-3,5H2,1H3. The molecule has 15 heavy (non-hydrogen) atoms. The van der Waals surface area contributed by atoms with Crippen molar-refractivity contribution in [1.29, 1.82) is 0 Å². The molecule has 0 aliphatic heterocycles. The van der Waals surface area contributed by atoms with Crippen molar-refractivity contribution in [2.75, 3.05) is 13.1 Å². The third kappa shape index (κ3) is 2.64. The second kappa shape index (κ2) is 5.04. The molecule has 0 spiro atoms. The number of hydrogen-bond donors (Lipinski definition) is 1. The fourth-order valence-electron chi connectivity index (χ4n) is 1.23. The maximum atomic E-state index is 5.00. The Bertz CT molecular complexity index is 396. The second-order valence-corrected chi connectivity index (χ2v) is 4.18. The number of rotatable bonds is 5. The maximum absolute atomic E-state index is 5.00. The molecule has 5 heteroatoms. The van der Waals surface area contributed by atoms with Gasteiger partial charge in [0.15, 0.2) is 5.01 Å². The van der Waals surface area contributed by atoms with Crippen molar-refractivity contribution < 1.29 is 4.42 Å². The third-order valence-electron chi connectivity index (χ3n) is 2.00. The van der Waals surface area contributed by atoms with Gasteiger partial charge in [-0.25, -0.2) is 0 Å². The van der Waals surface area contributed by atoms with Gasteiger partial charge in [0.2, 0.25) is 0 Å². The quantitative estimate of drug-likeness (QED) is 0.787. The molecule has 2 aromatic heterocycles. The Morgan fingerprint density at radius 3 is 3.13 bits per heavy atom. The van der Waals surface area contributed by atoms with Gasteiger partial charge < -0.3 is 9.73 Å². The van der Waals surface area contributed by atoms with Crippen molar-refractivity contribution in [2.45, 2.75) is 13.3 Å². The van der Waals surface area contributed by atoms with E-state index in [0.717, 1.165) is 35.1 Å². The highest BCUT2D eigenvalue weighted by molar-refractivity contribution is 7.14. The Kier molecular flexibility index (Phi) is 3.47. The molecule has 0 aliphatic carbocycles. The molecule has 80 valence electrons. The maximum Gasteiger partial charge on any atom is 0.151 e. The van der Waals surface area contributed by atoms with Gasteiger partial charge in [0, 0.05) is 13.0 Å². The van der Waals surface area contributed by atoms with Crippen LogP contribution in [0.15, 0.2) is 23.0 Å². The lowest BCUT2D eigenvalue weighted by Gasteiger charge is -1.95. The first-order chi connectivity index (χ1) is 7.40. The van der Waals surface area contributed by atoms with E-state index in [0.29, 0.717) is 0 Å². The topological polar surface area (TPSA) is 51.0 Å². The Labute approximate surface area is 92.3 Å². The Balaban J connectivity index is 1.98. The van der Waals surface area contributed by atoms with Gasteiger partial charge in [0.1, 0.15) is 11.3 Å². The van der Waals surface area contributed by atoms with Crippen LogP contribution < -0.4 is 5.32 Å². The van der Waals surface area contributed by atoms with Gasteiger partial charge in [-0.3, -0.25) is 0 Å². The monoisotopic (exact) mass is 223 g/mol. The van der Waals surface area contributed by atoms with Crippen molar-refractivity contribution in [2.24, 2.45) is 0 Å². The molecule has 0 fully saturated rings. The van der Waals surface area contributed by atoms with E-state index in [4.69, 9.17) is 4.42 Å². The van der Waals surface area contributed by atoms with Gasteiger partial charge >= 0.3 is 0 Å². The molecule has 2 aromatic rings. The summed E-state index contributed by atoms with van der Waals surface area (Å²) in [7, 11) is 0. The minimum absolute atomic E-state index is 0.926. The molecular formula is C10H13N3OS. The van der Waals surface area contributed by atoms with E-state index in [1.54, 1.807) is 23.9 Å². The van der Waals surface area contributed by atoms with E-state index in [1.165, 1.54) is 0 Å². The number of hydrogen-bond acceptors (Lipinski definition) is 5. The average Bonchev–Trinajstić information content (AvgIpc) is 2.87. The summed E-state index contributed by atoms with van der Waals surface area (Å²) in [6.07, 6.45) is 4.27. The minimum Gasteiger partial charge on any atom is -0.472 e. The summed E-state index contributed by atoms with van der Waals surface area (Å²) < 4.78 is 5.00. The van der Waals surface area contributed by atoms with Crippen LogP contribution in [0.2, 0.25) is 0 Å². The van der Waals surface area contributed by atoms with Crippen molar-refractivity contribution >= 4 is 11.3 Å². The Hall–Kier alpha value is -1.20. The molecule has 0 aliphatic rings. The zero-order valence-electron chi connectivity index (χ0n) is 8.56. The average molecular weight is 223 g/mol. The lowest BCUT2D eigenvalue weighted by Crippen LogP contribution is -2.15. The van der Waals surface area contributed by atoms with Crippen LogP contribution in [0.4, 0.5) is 0 Å². The lowest BCUT2D eigenvalue weighted by molar-refractivity contribution is 0.568. The van der Waals surface area contributed by atoms with Crippen molar-refractivity contribution in [3.8, 4) is 10.6 Å². The zero-order valence-corrected chi connectivity index (χ0v) is 9.38. The molecule has 0 aromatic carbocycles. The molecule has 0 saturated carbocycles. The molecule has 0 bridgehead atoms. The summed E-state index contributed by atoms with van der Waals surface area (Å²) in [4.78, 5) is 0. The first-order valence-corrected chi connectivity index (χ1v) is 5.77. The SMILES string of the molecule is CCNCCc1nnc(-c2ccoc2)s1. The normalized spacial score (nSPS) is 10.7. The third-order valence-corrected chi connectivity index (χ3v) is 3.03. The molecular weight excluding hydrogens is 210 g/mol. The van der Waals surface area contributed by atoms with Crippen molar-refractivity contribution in [1.82, 2.24) is 15.5 Å².